The lowest BCUT2D eigenvalue weighted by molar-refractivity contribution is -0.125. The summed E-state index contributed by atoms with van der Waals surface area (Å²) in [5, 5.41) is 10.7. The number of hydroxylamine groups is 1. The van der Waals surface area contributed by atoms with Crippen LogP contribution in [0.1, 0.15) is 42.4 Å². The molecule has 2 aromatic carbocycles. The van der Waals surface area contributed by atoms with Crippen molar-refractivity contribution in [3.8, 4) is 5.75 Å². The molecule has 0 aliphatic heterocycles. The number of rotatable bonds is 8. The minimum absolute atomic E-state index is 0.129. The average Bonchev–Trinajstić information content (AvgIpc) is 2.80. The number of sulfonamides is 1. The van der Waals surface area contributed by atoms with Crippen LogP contribution in [-0.4, -0.2) is 32.3 Å². The van der Waals surface area contributed by atoms with E-state index in [0.717, 1.165) is 11.1 Å². The van der Waals surface area contributed by atoms with E-state index in [1.807, 2.05) is 50.2 Å². The molecule has 0 atom stereocenters. The number of ether oxygens (including phenoxy) is 1. The molecule has 1 N–H and O–H groups in total. The first-order valence-corrected chi connectivity index (χ1v) is 12.3. The third-order valence-corrected chi connectivity index (χ3v) is 8.21. The van der Waals surface area contributed by atoms with Crippen LogP contribution in [0.25, 0.3) is 0 Å². The lowest BCUT2D eigenvalue weighted by Gasteiger charge is -2.32. The molecule has 1 amide bonds. The zero-order chi connectivity index (χ0) is 23.3. The van der Waals surface area contributed by atoms with Crippen LogP contribution < -0.4 is 10.2 Å². The highest BCUT2D eigenvalue weighted by molar-refractivity contribution is 7.89. The van der Waals surface area contributed by atoms with Crippen molar-refractivity contribution in [2.75, 3.05) is 13.7 Å². The van der Waals surface area contributed by atoms with Gasteiger partial charge in [0.15, 0.2) is 0 Å². The van der Waals surface area contributed by atoms with E-state index in [2.05, 4.69) is 0 Å². The second-order valence-electron chi connectivity index (χ2n) is 8.60. The number of amides is 1. The van der Waals surface area contributed by atoms with E-state index in [1.165, 1.54) is 5.48 Å². The third kappa shape index (κ3) is 5.68. The fourth-order valence-electron chi connectivity index (χ4n) is 4.29. The summed E-state index contributed by atoms with van der Waals surface area (Å²) in [5.41, 5.74) is 3.96. The quantitative estimate of drug-likeness (QED) is 0.603. The smallest absolute Gasteiger partial charge is 0.243 e. The van der Waals surface area contributed by atoms with E-state index in [-0.39, 0.29) is 18.4 Å². The first kappa shape index (κ1) is 24.2. The Labute approximate surface area is 190 Å². The number of benzene rings is 2. The van der Waals surface area contributed by atoms with E-state index < -0.39 is 15.9 Å². The fraction of sp³-hybridized carbons (Fsp3) is 0.458. The summed E-state index contributed by atoms with van der Waals surface area (Å²) in [6.07, 6.45) is 2.61. The molecule has 2 aromatic rings. The third-order valence-electron chi connectivity index (χ3n) is 6.26. The molecule has 1 fully saturated rings. The van der Waals surface area contributed by atoms with Crippen LogP contribution in [0.15, 0.2) is 47.4 Å². The minimum Gasteiger partial charge on any atom is -0.759 e. The van der Waals surface area contributed by atoms with Gasteiger partial charge < -0.3 is 15.4 Å². The largest absolute Gasteiger partial charge is 0.759 e. The number of carbonyl (C=O) groups excluding carboxylic acids is 1. The SMILES string of the molecule is COc1ccc(CN(CC2CCC(C(=O)N[O-])CC2)S(=O)(=O)c2cc(C)ccc2C)cc1. The van der Waals surface area contributed by atoms with Crippen molar-refractivity contribution in [2.24, 2.45) is 11.8 Å². The predicted octanol–water partition coefficient (Wildman–Crippen LogP) is 3.92. The first-order valence-electron chi connectivity index (χ1n) is 10.9. The Morgan fingerprint density at radius 2 is 1.75 bits per heavy atom. The Bertz CT molecular complexity index is 1030. The number of aryl methyl sites for hydroxylation is 2. The lowest BCUT2D eigenvalue weighted by Crippen LogP contribution is -2.38. The Kier molecular flexibility index (Phi) is 7.92. The summed E-state index contributed by atoms with van der Waals surface area (Å²) < 4.78 is 34.2. The van der Waals surface area contributed by atoms with Gasteiger partial charge in [0.25, 0.3) is 0 Å². The molecule has 3 rings (SSSR count). The molecule has 0 heterocycles. The highest BCUT2D eigenvalue weighted by Crippen LogP contribution is 2.32. The molecule has 0 aromatic heterocycles. The Morgan fingerprint density at radius 1 is 1.09 bits per heavy atom. The van der Waals surface area contributed by atoms with E-state index >= 15 is 0 Å². The zero-order valence-corrected chi connectivity index (χ0v) is 19.7. The standard InChI is InChI=1S/C24H31N2O5S/c1-17-4-5-18(2)23(14-17)32(29,30)26(16-20-8-12-22(31-3)13-9-20)15-19-6-10-21(11-7-19)24(27)25-28/h4-5,8-9,12-14,19,21H,6-7,10-11,15-16H2,1-3H3,(H-,25,27,28)/q-1. The molecule has 1 aliphatic carbocycles. The molecular formula is C24H31N2O5S-. The van der Waals surface area contributed by atoms with Crippen LogP contribution in [0, 0.1) is 30.9 Å². The fourth-order valence-corrected chi connectivity index (χ4v) is 6.10. The summed E-state index contributed by atoms with van der Waals surface area (Å²) in [6, 6.07) is 12.9. The number of carbonyl (C=O) groups is 1. The van der Waals surface area contributed by atoms with Crippen LogP contribution in [0.5, 0.6) is 5.75 Å². The topological polar surface area (TPSA) is 98.8 Å². The molecule has 1 aliphatic rings. The van der Waals surface area contributed by atoms with Crippen LogP contribution in [0.4, 0.5) is 0 Å². The van der Waals surface area contributed by atoms with Crippen molar-refractivity contribution in [1.82, 2.24) is 9.79 Å². The van der Waals surface area contributed by atoms with Crippen molar-refractivity contribution in [3.63, 3.8) is 0 Å². The maximum atomic E-state index is 13.7. The van der Waals surface area contributed by atoms with Gasteiger partial charge in [0.2, 0.25) is 15.9 Å². The van der Waals surface area contributed by atoms with Crippen molar-refractivity contribution in [2.45, 2.75) is 51.0 Å². The molecule has 174 valence electrons. The van der Waals surface area contributed by atoms with Gasteiger partial charge in [-0.05, 0) is 80.3 Å². The molecule has 0 bridgehead atoms. The van der Waals surface area contributed by atoms with Crippen molar-refractivity contribution in [3.05, 3.63) is 64.4 Å². The molecule has 0 spiro atoms. The molecule has 1 saturated carbocycles. The molecule has 32 heavy (non-hydrogen) atoms. The maximum Gasteiger partial charge on any atom is 0.243 e. The number of nitrogens with zero attached hydrogens (tertiary/aromatic N) is 1. The predicted molar refractivity (Wildman–Crippen MR) is 123 cm³/mol. The Hall–Kier alpha value is -2.42. The number of methoxy groups -OCH3 is 1. The van der Waals surface area contributed by atoms with Crippen molar-refractivity contribution < 1.29 is 17.9 Å². The van der Waals surface area contributed by atoms with E-state index in [1.54, 1.807) is 17.5 Å². The Balaban J connectivity index is 1.85. The molecule has 7 nitrogen and oxygen atoms in total. The summed E-state index contributed by atoms with van der Waals surface area (Å²) in [6.45, 7) is 4.31. The van der Waals surface area contributed by atoms with Gasteiger partial charge in [0.05, 0.1) is 12.0 Å². The molecule has 0 saturated heterocycles. The van der Waals surface area contributed by atoms with Crippen LogP contribution >= 0.6 is 0 Å². The zero-order valence-electron chi connectivity index (χ0n) is 18.8. The van der Waals surface area contributed by atoms with Crippen LogP contribution in [-0.2, 0) is 21.4 Å². The maximum absolute atomic E-state index is 13.7. The first-order chi connectivity index (χ1) is 15.2. The summed E-state index contributed by atoms with van der Waals surface area (Å²) in [7, 11) is -2.14. The van der Waals surface area contributed by atoms with Gasteiger partial charge in [-0.1, -0.05) is 24.3 Å². The monoisotopic (exact) mass is 459 g/mol. The van der Waals surface area contributed by atoms with Crippen molar-refractivity contribution in [1.29, 1.82) is 0 Å². The van der Waals surface area contributed by atoms with E-state index in [0.29, 0.717) is 48.4 Å². The summed E-state index contributed by atoms with van der Waals surface area (Å²) in [5.74, 6) is 0.0902. The van der Waals surface area contributed by atoms with Gasteiger partial charge in [-0.15, -0.1) is 0 Å². The Morgan fingerprint density at radius 3 is 2.34 bits per heavy atom. The molecule has 0 radical (unpaired) electrons. The highest BCUT2D eigenvalue weighted by atomic mass is 32.2. The van der Waals surface area contributed by atoms with Crippen LogP contribution in [0.3, 0.4) is 0 Å². The number of hydrogen-bond acceptors (Lipinski definition) is 5. The van der Waals surface area contributed by atoms with Gasteiger partial charge in [-0.25, -0.2) is 8.42 Å². The number of hydrogen-bond donors (Lipinski definition) is 1. The van der Waals surface area contributed by atoms with Gasteiger partial charge in [-0.2, -0.15) is 4.31 Å². The van der Waals surface area contributed by atoms with E-state index in [4.69, 9.17) is 4.74 Å². The minimum atomic E-state index is -3.73. The summed E-state index contributed by atoms with van der Waals surface area (Å²) >= 11 is 0. The molecular weight excluding hydrogens is 428 g/mol. The molecule has 0 unspecified atom stereocenters. The van der Waals surface area contributed by atoms with Crippen molar-refractivity contribution >= 4 is 15.9 Å². The van der Waals surface area contributed by atoms with Gasteiger partial charge in [0, 0.05) is 19.0 Å². The normalized spacial score (nSPS) is 19.0. The van der Waals surface area contributed by atoms with Gasteiger partial charge in [-0.3, -0.25) is 4.79 Å². The van der Waals surface area contributed by atoms with E-state index in [9.17, 15) is 18.4 Å². The molecule has 8 heteroatoms. The van der Waals surface area contributed by atoms with Crippen LogP contribution in [0.2, 0.25) is 0 Å². The number of nitrogens with one attached hydrogen (secondary N) is 1. The second-order valence-corrected chi connectivity index (χ2v) is 10.5. The second kappa shape index (κ2) is 10.5. The summed E-state index contributed by atoms with van der Waals surface area (Å²) in [4.78, 5) is 12.0. The van der Waals surface area contributed by atoms with Gasteiger partial charge >= 0.3 is 0 Å². The highest BCUT2D eigenvalue weighted by Gasteiger charge is 2.32. The average molecular weight is 460 g/mol. The lowest BCUT2D eigenvalue weighted by atomic mass is 9.81. The van der Waals surface area contributed by atoms with Gasteiger partial charge in [0.1, 0.15) is 5.75 Å².